The maximum atomic E-state index is 11.2. The average molecular weight is 194 g/mol. The third-order valence-electron chi connectivity index (χ3n) is 1.63. The fourth-order valence-electron chi connectivity index (χ4n) is 1.01. The highest BCUT2D eigenvalue weighted by Gasteiger charge is 2.09. The Morgan fingerprint density at radius 3 is 2.36 bits per heavy atom. The van der Waals surface area contributed by atoms with Gasteiger partial charge >= 0.3 is 0 Å². The number of nitrogens with zero attached hydrogens (tertiary/aromatic N) is 2. The predicted molar refractivity (Wildman–Crippen MR) is 53.8 cm³/mol. The Labute approximate surface area is 82.7 Å². The second kappa shape index (κ2) is 4.15. The predicted octanol–water partition coefficient (Wildman–Crippen LogP) is 0.379. The summed E-state index contributed by atoms with van der Waals surface area (Å²) in [5, 5.41) is 2.54. The number of aryl methyl sites for hydroxylation is 2. The van der Waals surface area contributed by atoms with Crippen molar-refractivity contribution in [3.8, 4) is 0 Å². The van der Waals surface area contributed by atoms with E-state index in [1.807, 2.05) is 19.9 Å². The summed E-state index contributed by atoms with van der Waals surface area (Å²) in [7, 11) is 0. The summed E-state index contributed by atoms with van der Waals surface area (Å²) >= 11 is 0. The van der Waals surface area contributed by atoms with Gasteiger partial charge in [0.2, 0.25) is 11.9 Å². The number of hydrogen-bond donors (Lipinski definition) is 2. The lowest BCUT2D eigenvalue weighted by Gasteiger charge is -2.07. The lowest BCUT2D eigenvalue weighted by molar-refractivity contribution is -0.117. The molecule has 5 heteroatoms. The molecule has 0 saturated heterocycles. The van der Waals surface area contributed by atoms with Crippen LogP contribution in [0.25, 0.3) is 0 Å². The molecule has 0 aliphatic heterocycles. The quantitative estimate of drug-likeness (QED) is 0.713. The normalized spacial score (nSPS) is 12.3. The van der Waals surface area contributed by atoms with Crippen molar-refractivity contribution in [2.45, 2.75) is 26.8 Å². The Kier molecular flexibility index (Phi) is 3.14. The van der Waals surface area contributed by atoms with Crippen LogP contribution in [0.4, 0.5) is 5.95 Å². The first-order chi connectivity index (χ1) is 6.49. The van der Waals surface area contributed by atoms with Crippen molar-refractivity contribution in [2.75, 3.05) is 5.32 Å². The van der Waals surface area contributed by atoms with E-state index in [1.54, 1.807) is 6.92 Å². The molecular formula is C9H14N4O. The van der Waals surface area contributed by atoms with Crippen molar-refractivity contribution in [1.82, 2.24) is 9.97 Å². The van der Waals surface area contributed by atoms with Gasteiger partial charge in [-0.25, -0.2) is 9.97 Å². The standard InChI is InChI=1S/C9H14N4O/c1-5-4-6(2)12-9(11-5)13-8(14)7(3)10/h4,7H,10H2,1-3H3,(H,11,12,13,14)/t7-/m1/s1. The van der Waals surface area contributed by atoms with Crippen LogP contribution in [0.2, 0.25) is 0 Å². The van der Waals surface area contributed by atoms with Gasteiger partial charge in [0.15, 0.2) is 0 Å². The zero-order valence-electron chi connectivity index (χ0n) is 8.53. The molecule has 0 fully saturated rings. The fourth-order valence-corrected chi connectivity index (χ4v) is 1.01. The number of anilines is 1. The molecule has 1 atom stereocenters. The van der Waals surface area contributed by atoms with Gasteiger partial charge in [-0.05, 0) is 26.8 Å². The van der Waals surface area contributed by atoms with Crippen LogP contribution in [-0.2, 0) is 4.79 Å². The second-order valence-electron chi connectivity index (χ2n) is 3.25. The molecule has 0 saturated carbocycles. The van der Waals surface area contributed by atoms with E-state index >= 15 is 0 Å². The van der Waals surface area contributed by atoms with Gasteiger partial charge in [-0.2, -0.15) is 0 Å². The molecule has 0 radical (unpaired) electrons. The van der Waals surface area contributed by atoms with E-state index in [0.717, 1.165) is 11.4 Å². The van der Waals surface area contributed by atoms with E-state index in [9.17, 15) is 4.79 Å². The molecule has 0 spiro atoms. The van der Waals surface area contributed by atoms with E-state index in [4.69, 9.17) is 5.73 Å². The molecule has 0 aliphatic rings. The first-order valence-electron chi connectivity index (χ1n) is 4.38. The van der Waals surface area contributed by atoms with Crippen LogP contribution in [0.1, 0.15) is 18.3 Å². The lowest BCUT2D eigenvalue weighted by Crippen LogP contribution is -2.33. The molecule has 1 heterocycles. The Balaban J connectivity index is 2.82. The first kappa shape index (κ1) is 10.6. The summed E-state index contributed by atoms with van der Waals surface area (Å²) < 4.78 is 0. The smallest absolute Gasteiger partial charge is 0.243 e. The summed E-state index contributed by atoms with van der Waals surface area (Å²) in [5.74, 6) is 0.0276. The van der Waals surface area contributed by atoms with Crippen LogP contribution in [0, 0.1) is 13.8 Å². The van der Waals surface area contributed by atoms with Gasteiger partial charge in [0.25, 0.3) is 0 Å². The lowest BCUT2D eigenvalue weighted by atomic mass is 10.3. The Morgan fingerprint density at radius 1 is 1.43 bits per heavy atom. The van der Waals surface area contributed by atoms with Gasteiger partial charge in [-0.1, -0.05) is 0 Å². The summed E-state index contributed by atoms with van der Waals surface area (Å²) in [4.78, 5) is 19.3. The molecule has 0 unspecified atom stereocenters. The molecule has 1 rings (SSSR count). The molecule has 14 heavy (non-hydrogen) atoms. The molecule has 5 nitrogen and oxygen atoms in total. The fraction of sp³-hybridized carbons (Fsp3) is 0.444. The number of carbonyl (C=O) groups is 1. The maximum absolute atomic E-state index is 11.2. The SMILES string of the molecule is Cc1cc(C)nc(NC(=O)[C@@H](C)N)n1. The summed E-state index contributed by atoms with van der Waals surface area (Å²) in [6, 6.07) is 1.28. The number of carbonyl (C=O) groups excluding carboxylic acids is 1. The van der Waals surface area contributed by atoms with Crippen molar-refractivity contribution < 1.29 is 4.79 Å². The van der Waals surface area contributed by atoms with Crippen LogP contribution < -0.4 is 11.1 Å². The van der Waals surface area contributed by atoms with Gasteiger partial charge in [0.05, 0.1) is 6.04 Å². The van der Waals surface area contributed by atoms with E-state index < -0.39 is 6.04 Å². The zero-order chi connectivity index (χ0) is 10.7. The number of nitrogens with one attached hydrogen (secondary N) is 1. The first-order valence-corrected chi connectivity index (χ1v) is 4.38. The molecule has 0 aliphatic carbocycles. The van der Waals surface area contributed by atoms with E-state index in [-0.39, 0.29) is 5.91 Å². The van der Waals surface area contributed by atoms with Crippen molar-refractivity contribution in [3.05, 3.63) is 17.5 Å². The van der Waals surface area contributed by atoms with E-state index in [1.165, 1.54) is 0 Å². The topological polar surface area (TPSA) is 80.9 Å². The van der Waals surface area contributed by atoms with Crippen LogP contribution >= 0.6 is 0 Å². The van der Waals surface area contributed by atoms with E-state index in [0.29, 0.717) is 5.95 Å². The highest BCUT2D eigenvalue weighted by atomic mass is 16.2. The van der Waals surface area contributed by atoms with Gasteiger partial charge in [0, 0.05) is 11.4 Å². The largest absolute Gasteiger partial charge is 0.320 e. The van der Waals surface area contributed by atoms with Crippen LogP contribution in [0.15, 0.2) is 6.07 Å². The Bertz CT molecular complexity index is 328. The third kappa shape index (κ3) is 2.77. The minimum atomic E-state index is -0.556. The minimum absolute atomic E-state index is 0.282. The number of aromatic nitrogens is 2. The van der Waals surface area contributed by atoms with Crippen molar-refractivity contribution in [3.63, 3.8) is 0 Å². The number of nitrogens with two attached hydrogens (primary N) is 1. The van der Waals surface area contributed by atoms with Gasteiger partial charge in [0.1, 0.15) is 0 Å². The molecule has 76 valence electrons. The monoisotopic (exact) mass is 194 g/mol. The zero-order valence-corrected chi connectivity index (χ0v) is 8.53. The summed E-state index contributed by atoms with van der Waals surface area (Å²) in [5.41, 5.74) is 7.03. The van der Waals surface area contributed by atoms with Gasteiger partial charge in [-0.15, -0.1) is 0 Å². The number of amides is 1. The van der Waals surface area contributed by atoms with Crippen molar-refractivity contribution in [1.29, 1.82) is 0 Å². The summed E-state index contributed by atoms with van der Waals surface area (Å²) in [6.45, 7) is 5.30. The Morgan fingerprint density at radius 2 is 1.93 bits per heavy atom. The molecule has 0 aromatic carbocycles. The molecule has 1 aromatic heterocycles. The van der Waals surface area contributed by atoms with Crippen LogP contribution in [0.5, 0.6) is 0 Å². The summed E-state index contributed by atoms with van der Waals surface area (Å²) in [6.07, 6.45) is 0. The van der Waals surface area contributed by atoms with E-state index in [2.05, 4.69) is 15.3 Å². The van der Waals surface area contributed by atoms with Crippen LogP contribution in [-0.4, -0.2) is 21.9 Å². The molecule has 3 N–H and O–H groups in total. The molecule has 1 aromatic rings. The van der Waals surface area contributed by atoms with Gasteiger partial charge < -0.3 is 5.73 Å². The van der Waals surface area contributed by atoms with Crippen molar-refractivity contribution in [2.24, 2.45) is 5.73 Å². The molecule has 0 bridgehead atoms. The van der Waals surface area contributed by atoms with Crippen molar-refractivity contribution >= 4 is 11.9 Å². The van der Waals surface area contributed by atoms with Gasteiger partial charge in [-0.3, -0.25) is 10.1 Å². The molecular weight excluding hydrogens is 180 g/mol. The Hall–Kier alpha value is -1.49. The second-order valence-corrected chi connectivity index (χ2v) is 3.25. The highest BCUT2D eigenvalue weighted by Crippen LogP contribution is 2.03. The van der Waals surface area contributed by atoms with Crippen LogP contribution in [0.3, 0.4) is 0 Å². The number of rotatable bonds is 2. The molecule has 1 amide bonds. The average Bonchev–Trinajstić information content (AvgIpc) is 2.01. The third-order valence-corrected chi connectivity index (χ3v) is 1.63. The number of hydrogen-bond acceptors (Lipinski definition) is 4. The minimum Gasteiger partial charge on any atom is -0.320 e. The maximum Gasteiger partial charge on any atom is 0.243 e. The highest BCUT2D eigenvalue weighted by molar-refractivity contribution is 5.92.